The van der Waals surface area contributed by atoms with Crippen LogP contribution in [0.4, 0.5) is 0 Å². The van der Waals surface area contributed by atoms with Crippen molar-refractivity contribution in [1.82, 2.24) is 15.0 Å². The molecule has 1 aromatic heterocycles. The van der Waals surface area contributed by atoms with E-state index < -0.39 is 10.0 Å². The summed E-state index contributed by atoms with van der Waals surface area (Å²) in [6.07, 6.45) is 4.93. The van der Waals surface area contributed by atoms with Crippen molar-refractivity contribution in [2.24, 2.45) is 5.92 Å². The van der Waals surface area contributed by atoms with Gasteiger partial charge < -0.3 is 10.3 Å². The maximum Gasteiger partial charge on any atom is 0.253 e. The largest absolute Gasteiger partial charge is 0.358 e. The number of rotatable bonds is 6. The van der Waals surface area contributed by atoms with Crippen LogP contribution < -0.4 is 10.0 Å². The monoisotopic (exact) mass is 363 g/mol. The minimum atomic E-state index is -3.18. The van der Waals surface area contributed by atoms with Gasteiger partial charge in [-0.3, -0.25) is 4.79 Å². The van der Waals surface area contributed by atoms with Gasteiger partial charge in [0.15, 0.2) is 0 Å². The van der Waals surface area contributed by atoms with Gasteiger partial charge in [0.1, 0.15) is 0 Å². The van der Waals surface area contributed by atoms with E-state index >= 15 is 0 Å². The molecule has 0 saturated carbocycles. The third-order valence-electron chi connectivity index (χ3n) is 4.72. The number of H-pyrrole nitrogens is 1. The van der Waals surface area contributed by atoms with E-state index in [2.05, 4.69) is 28.0 Å². The molecule has 1 aliphatic carbocycles. The first-order valence-corrected chi connectivity index (χ1v) is 10.6. The SMILES string of the molecule is CC1CCc2[nH]c3c(C(=O)NCCCNS(C)(=O)=O)cccc3c2C1. The Kier molecular flexibility index (Phi) is 5.15. The summed E-state index contributed by atoms with van der Waals surface area (Å²) in [5, 5.41) is 4.02. The summed E-state index contributed by atoms with van der Waals surface area (Å²) in [4.78, 5) is 16.0. The zero-order chi connectivity index (χ0) is 18.0. The van der Waals surface area contributed by atoms with Gasteiger partial charge in [-0.25, -0.2) is 13.1 Å². The Labute approximate surface area is 148 Å². The Morgan fingerprint density at radius 3 is 2.88 bits per heavy atom. The Bertz CT molecular complexity index is 886. The van der Waals surface area contributed by atoms with Crippen molar-refractivity contribution in [3.8, 4) is 0 Å². The number of hydrogen-bond acceptors (Lipinski definition) is 3. The predicted molar refractivity (Wildman–Crippen MR) is 99.3 cm³/mol. The van der Waals surface area contributed by atoms with Gasteiger partial charge in [-0.1, -0.05) is 19.1 Å². The summed E-state index contributed by atoms with van der Waals surface area (Å²) >= 11 is 0. The minimum absolute atomic E-state index is 0.128. The number of hydrogen-bond donors (Lipinski definition) is 3. The fraction of sp³-hybridized carbons (Fsp3) is 0.500. The van der Waals surface area contributed by atoms with Gasteiger partial charge >= 0.3 is 0 Å². The molecular weight excluding hydrogens is 338 g/mol. The highest BCUT2D eigenvalue weighted by Gasteiger charge is 2.22. The summed E-state index contributed by atoms with van der Waals surface area (Å²) < 4.78 is 24.4. The van der Waals surface area contributed by atoms with E-state index in [1.54, 1.807) is 0 Å². The van der Waals surface area contributed by atoms with Crippen LogP contribution in [-0.4, -0.2) is 38.7 Å². The molecule has 1 heterocycles. The number of nitrogens with one attached hydrogen (secondary N) is 3. The molecule has 0 aliphatic heterocycles. The van der Waals surface area contributed by atoms with E-state index in [1.165, 1.54) is 17.7 Å². The van der Waals surface area contributed by atoms with Crippen molar-refractivity contribution in [3.05, 3.63) is 35.0 Å². The number of para-hydroxylation sites is 1. The van der Waals surface area contributed by atoms with Crippen LogP contribution in [0, 0.1) is 5.92 Å². The van der Waals surface area contributed by atoms with Gasteiger partial charge in [-0.05, 0) is 43.2 Å². The highest BCUT2D eigenvalue weighted by molar-refractivity contribution is 7.88. The van der Waals surface area contributed by atoms with Crippen molar-refractivity contribution in [2.45, 2.75) is 32.6 Å². The van der Waals surface area contributed by atoms with E-state index in [0.717, 1.165) is 30.0 Å². The highest BCUT2D eigenvalue weighted by atomic mass is 32.2. The first-order valence-electron chi connectivity index (χ1n) is 8.70. The van der Waals surface area contributed by atoms with Crippen LogP contribution in [-0.2, 0) is 22.9 Å². The maximum atomic E-state index is 12.5. The number of carbonyl (C=O) groups is 1. The zero-order valence-corrected chi connectivity index (χ0v) is 15.5. The van der Waals surface area contributed by atoms with Crippen molar-refractivity contribution in [3.63, 3.8) is 0 Å². The number of amides is 1. The van der Waals surface area contributed by atoms with Gasteiger partial charge in [0.25, 0.3) is 5.91 Å². The van der Waals surface area contributed by atoms with Crippen molar-refractivity contribution in [1.29, 1.82) is 0 Å². The third-order valence-corrected chi connectivity index (χ3v) is 5.45. The molecule has 0 saturated heterocycles. The molecule has 136 valence electrons. The van der Waals surface area contributed by atoms with E-state index in [4.69, 9.17) is 0 Å². The second-order valence-electron chi connectivity index (χ2n) is 6.93. The summed E-state index contributed by atoms with van der Waals surface area (Å²) in [6, 6.07) is 5.84. The van der Waals surface area contributed by atoms with Crippen molar-refractivity contribution < 1.29 is 13.2 Å². The minimum Gasteiger partial charge on any atom is -0.358 e. The molecule has 0 fully saturated rings. The molecule has 25 heavy (non-hydrogen) atoms. The lowest BCUT2D eigenvalue weighted by Crippen LogP contribution is -2.29. The second kappa shape index (κ2) is 7.17. The average Bonchev–Trinajstić information content (AvgIpc) is 2.91. The molecule has 3 N–H and O–H groups in total. The van der Waals surface area contributed by atoms with Crippen LogP contribution in [0.2, 0.25) is 0 Å². The molecule has 7 heteroatoms. The average molecular weight is 363 g/mol. The van der Waals surface area contributed by atoms with E-state index in [0.29, 0.717) is 31.0 Å². The number of carbonyl (C=O) groups excluding carboxylic acids is 1. The number of aromatic amines is 1. The topological polar surface area (TPSA) is 91.1 Å². The van der Waals surface area contributed by atoms with Crippen LogP contribution in [0.3, 0.4) is 0 Å². The zero-order valence-electron chi connectivity index (χ0n) is 14.7. The predicted octanol–water partition coefficient (Wildman–Crippen LogP) is 1.96. The first-order chi connectivity index (χ1) is 11.8. The van der Waals surface area contributed by atoms with Crippen molar-refractivity contribution in [2.75, 3.05) is 19.3 Å². The van der Waals surface area contributed by atoms with Gasteiger partial charge in [0, 0.05) is 24.2 Å². The molecule has 1 amide bonds. The molecule has 1 aromatic carbocycles. The lowest BCUT2D eigenvalue weighted by atomic mass is 9.87. The third kappa shape index (κ3) is 4.22. The first kappa shape index (κ1) is 17.9. The molecule has 2 aromatic rings. The standard InChI is InChI=1S/C18H25N3O3S/c1-12-7-8-16-15(11-12)13-5-3-6-14(17(13)21-16)18(22)19-9-4-10-20-25(2,23)24/h3,5-6,12,20-21H,4,7-11H2,1-2H3,(H,19,22). The van der Waals surface area contributed by atoms with Gasteiger partial charge in [0.2, 0.25) is 10.0 Å². The molecule has 0 bridgehead atoms. The number of aromatic nitrogens is 1. The smallest absolute Gasteiger partial charge is 0.253 e. The Hall–Kier alpha value is -1.86. The van der Waals surface area contributed by atoms with Crippen LogP contribution >= 0.6 is 0 Å². The molecule has 3 rings (SSSR count). The molecule has 0 radical (unpaired) electrons. The summed E-state index contributed by atoms with van der Waals surface area (Å²) in [6.45, 7) is 3.01. The van der Waals surface area contributed by atoms with Crippen molar-refractivity contribution >= 4 is 26.8 Å². The lowest BCUT2D eigenvalue weighted by Gasteiger charge is -2.17. The molecular formula is C18H25N3O3S. The van der Waals surface area contributed by atoms with Gasteiger partial charge in [0.05, 0.1) is 17.3 Å². The van der Waals surface area contributed by atoms with Crippen LogP contribution in [0.25, 0.3) is 10.9 Å². The van der Waals surface area contributed by atoms with E-state index in [-0.39, 0.29) is 5.91 Å². The Morgan fingerprint density at radius 1 is 1.32 bits per heavy atom. The fourth-order valence-electron chi connectivity index (χ4n) is 3.45. The normalized spacial score (nSPS) is 17.4. The number of benzene rings is 1. The van der Waals surface area contributed by atoms with Gasteiger partial charge in [-0.2, -0.15) is 0 Å². The fourth-order valence-corrected chi connectivity index (χ4v) is 3.96. The summed E-state index contributed by atoms with van der Waals surface area (Å²) in [5.41, 5.74) is 4.16. The van der Waals surface area contributed by atoms with E-state index in [9.17, 15) is 13.2 Å². The van der Waals surface area contributed by atoms with Crippen LogP contribution in [0.15, 0.2) is 18.2 Å². The van der Waals surface area contributed by atoms with E-state index in [1.807, 2.05) is 12.1 Å². The molecule has 1 unspecified atom stereocenters. The summed E-state index contributed by atoms with van der Waals surface area (Å²) in [5.74, 6) is 0.544. The van der Waals surface area contributed by atoms with Crippen LogP contribution in [0.5, 0.6) is 0 Å². The Morgan fingerprint density at radius 2 is 2.12 bits per heavy atom. The van der Waals surface area contributed by atoms with Gasteiger partial charge in [-0.15, -0.1) is 0 Å². The molecule has 6 nitrogen and oxygen atoms in total. The number of aryl methyl sites for hydroxylation is 1. The maximum absolute atomic E-state index is 12.5. The molecule has 1 aliphatic rings. The number of sulfonamides is 1. The van der Waals surface area contributed by atoms with Crippen LogP contribution in [0.1, 0.15) is 41.4 Å². The molecule has 1 atom stereocenters. The number of fused-ring (bicyclic) bond motifs is 3. The summed E-state index contributed by atoms with van der Waals surface area (Å²) in [7, 11) is -3.18. The second-order valence-corrected chi connectivity index (χ2v) is 8.77. The highest BCUT2D eigenvalue weighted by Crippen LogP contribution is 2.32. The molecule has 0 spiro atoms. The quantitative estimate of drug-likeness (QED) is 0.685. The Balaban J connectivity index is 1.70. The lowest BCUT2D eigenvalue weighted by molar-refractivity contribution is 0.0955.